The van der Waals surface area contributed by atoms with E-state index in [2.05, 4.69) is 24.9 Å². The lowest BCUT2D eigenvalue weighted by Gasteiger charge is -2.25. The number of aromatic nitrogens is 1. The molecule has 0 aliphatic heterocycles. The normalized spacial score (nSPS) is 21.3. The first-order chi connectivity index (χ1) is 8.18. The molecule has 1 aliphatic carbocycles. The molecule has 2 heteroatoms. The van der Waals surface area contributed by atoms with E-state index in [1.165, 1.54) is 30.5 Å². The van der Waals surface area contributed by atoms with Crippen molar-refractivity contribution < 1.29 is 5.11 Å². The first-order valence-corrected chi connectivity index (χ1v) is 6.80. The average Bonchev–Trinajstić information content (AvgIpc) is 2.35. The molecule has 0 radical (unpaired) electrons. The zero-order valence-corrected chi connectivity index (χ0v) is 10.9. The van der Waals surface area contributed by atoms with Crippen LogP contribution < -0.4 is 0 Å². The van der Waals surface area contributed by atoms with Gasteiger partial charge in [0.15, 0.2) is 0 Å². The number of aryl methyl sites for hydroxylation is 1. The highest BCUT2D eigenvalue weighted by molar-refractivity contribution is 5.25. The molecular formula is C15H23NO. The molecule has 0 aromatic carbocycles. The van der Waals surface area contributed by atoms with Crippen LogP contribution in [0.3, 0.4) is 0 Å². The fraction of sp³-hybridized carbons (Fsp3) is 0.667. The van der Waals surface area contributed by atoms with Crippen LogP contribution in [0.1, 0.15) is 56.7 Å². The van der Waals surface area contributed by atoms with Crippen LogP contribution in [0.2, 0.25) is 0 Å². The Balaban J connectivity index is 1.99. The van der Waals surface area contributed by atoms with Gasteiger partial charge in [0, 0.05) is 17.8 Å². The van der Waals surface area contributed by atoms with Crippen LogP contribution in [-0.2, 0) is 6.42 Å². The molecule has 2 nitrogen and oxygen atoms in total. The lowest BCUT2D eigenvalue weighted by atomic mass is 9.82. The minimum absolute atomic E-state index is 0.163. The summed E-state index contributed by atoms with van der Waals surface area (Å²) in [6.07, 6.45) is 7.38. The highest BCUT2D eigenvalue weighted by Crippen LogP contribution is 2.33. The standard InChI is InChI=1S/C15H23NO/c1-11(2)14(17)9-8-13-6-3-5-12-7-4-10-16-15(12)13/h4,7,10-11,13-14,17H,3,5-6,8-9H2,1-2H3. The summed E-state index contributed by atoms with van der Waals surface area (Å²) in [6, 6.07) is 4.23. The second kappa shape index (κ2) is 5.63. The first kappa shape index (κ1) is 12.6. The van der Waals surface area contributed by atoms with Gasteiger partial charge in [0.2, 0.25) is 0 Å². The molecule has 2 rings (SSSR count). The Morgan fingerprint density at radius 2 is 2.29 bits per heavy atom. The van der Waals surface area contributed by atoms with E-state index in [4.69, 9.17) is 0 Å². The van der Waals surface area contributed by atoms with Crippen LogP contribution in [0.25, 0.3) is 0 Å². The van der Waals surface area contributed by atoms with Crippen molar-refractivity contribution in [3.05, 3.63) is 29.6 Å². The van der Waals surface area contributed by atoms with Gasteiger partial charge in [-0.25, -0.2) is 0 Å². The molecule has 94 valence electrons. The van der Waals surface area contributed by atoms with Crippen molar-refractivity contribution in [1.82, 2.24) is 4.98 Å². The van der Waals surface area contributed by atoms with Gasteiger partial charge in [-0.2, -0.15) is 0 Å². The number of nitrogens with zero attached hydrogens (tertiary/aromatic N) is 1. The molecular weight excluding hydrogens is 210 g/mol. The fourth-order valence-electron chi connectivity index (χ4n) is 2.69. The van der Waals surface area contributed by atoms with Gasteiger partial charge in [0.1, 0.15) is 0 Å². The van der Waals surface area contributed by atoms with Crippen molar-refractivity contribution in [3.8, 4) is 0 Å². The fourth-order valence-corrected chi connectivity index (χ4v) is 2.69. The van der Waals surface area contributed by atoms with Crippen LogP contribution >= 0.6 is 0 Å². The summed E-state index contributed by atoms with van der Waals surface area (Å²) in [4.78, 5) is 4.54. The van der Waals surface area contributed by atoms with E-state index in [1.807, 2.05) is 12.3 Å². The Bertz CT molecular complexity index is 362. The van der Waals surface area contributed by atoms with Gasteiger partial charge in [-0.05, 0) is 49.7 Å². The minimum atomic E-state index is -0.163. The maximum absolute atomic E-state index is 9.88. The summed E-state index contributed by atoms with van der Waals surface area (Å²) in [7, 11) is 0. The molecule has 0 amide bonds. The molecule has 0 spiro atoms. The molecule has 0 bridgehead atoms. The molecule has 17 heavy (non-hydrogen) atoms. The van der Waals surface area contributed by atoms with Crippen LogP contribution in [0, 0.1) is 5.92 Å². The zero-order chi connectivity index (χ0) is 12.3. The van der Waals surface area contributed by atoms with Gasteiger partial charge < -0.3 is 5.11 Å². The summed E-state index contributed by atoms with van der Waals surface area (Å²) in [6.45, 7) is 4.16. The van der Waals surface area contributed by atoms with E-state index in [9.17, 15) is 5.11 Å². The molecule has 0 saturated carbocycles. The molecule has 1 heterocycles. The van der Waals surface area contributed by atoms with Crippen molar-refractivity contribution >= 4 is 0 Å². The van der Waals surface area contributed by atoms with Crippen LogP contribution in [0.5, 0.6) is 0 Å². The number of fused-ring (bicyclic) bond motifs is 1. The Kier molecular flexibility index (Phi) is 4.16. The van der Waals surface area contributed by atoms with E-state index in [-0.39, 0.29) is 6.10 Å². The van der Waals surface area contributed by atoms with Crippen LogP contribution in [-0.4, -0.2) is 16.2 Å². The van der Waals surface area contributed by atoms with Gasteiger partial charge in [-0.1, -0.05) is 19.9 Å². The second-order valence-corrected chi connectivity index (χ2v) is 5.53. The maximum atomic E-state index is 9.88. The van der Waals surface area contributed by atoms with Crippen molar-refractivity contribution in [3.63, 3.8) is 0 Å². The molecule has 2 atom stereocenters. The smallest absolute Gasteiger partial charge is 0.0563 e. The highest BCUT2D eigenvalue weighted by Gasteiger charge is 2.22. The third-order valence-electron chi connectivity index (χ3n) is 3.89. The van der Waals surface area contributed by atoms with Gasteiger partial charge in [-0.15, -0.1) is 0 Å². The Hall–Kier alpha value is -0.890. The van der Waals surface area contributed by atoms with Crippen LogP contribution in [0.15, 0.2) is 18.3 Å². The van der Waals surface area contributed by atoms with E-state index in [0.717, 1.165) is 12.8 Å². The quantitative estimate of drug-likeness (QED) is 0.865. The summed E-state index contributed by atoms with van der Waals surface area (Å²) in [5.41, 5.74) is 2.71. The molecule has 1 N–H and O–H groups in total. The zero-order valence-electron chi connectivity index (χ0n) is 10.9. The lowest BCUT2D eigenvalue weighted by molar-refractivity contribution is 0.110. The minimum Gasteiger partial charge on any atom is -0.393 e. The predicted molar refractivity (Wildman–Crippen MR) is 70.0 cm³/mol. The highest BCUT2D eigenvalue weighted by atomic mass is 16.3. The lowest BCUT2D eigenvalue weighted by Crippen LogP contribution is -2.18. The van der Waals surface area contributed by atoms with Crippen molar-refractivity contribution in [2.24, 2.45) is 5.92 Å². The summed E-state index contributed by atoms with van der Waals surface area (Å²) in [5, 5.41) is 9.88. The molecule has 1 aliphatic rings. The van der Waals surface area contributed by atoms with E-state index < -0.39 is 0 Å². The van der Waals surface area contributed by atoms with Gasteiger partial charge >= 0.3 is 0 Å². The van der Waals surface area contributed by atoms with Crippen molar-refractivity contribution in [2.75, 3.05) is 0 Å². The van der Waals surface area contributed by atoms with Gasteiger partial charge in [0.25, 0.3) is 0 Å². The number of hydrogen-bond acceptors (Lipinski definition) is 2. The molecule has 0 saturated heterocycles. The Morgan fingerprint density at radius 3 is 3.06 bits per heavy atom. The monoisotopic (exact) mass is 233 g/mol. The third-order valence-corrected chi connectivity index (χ3v) is 3.89. The molecule has 1 aromatic heterocycles. The summed E-state index contributed by atoms with van der Waals surface area (Å²) >= 11 is 0. The van der Waals surface area contributed by atoms with Gasteiger partial charge in [0.05, 0.1) is 6.10 Å². The van der Waals surface area contributed by atoms with E-state index in [1.54, 1.807) is 0 Å². The van der Waals surface area contributed by atoms with Crippen LogP contribution in [0.4, 0.5) is 0 Å². The number of hydrogen-bond donors (Lipinski definition) is 1. The second-order valence-electron chi connectivity index (χ2n) is 5.53. The predicted octanol–water partition coefficient (Wildman–Crippen LogP) is 3.30. The number of aliphatic hydroxyl groups is 1. The third kappa shape index (κ3) is 3.06. The first-order valence-electron chi connectivity index (χ1n) is 6.80. The van der Waals surface area contributed by atoms with E-state index >= 15 is 0 Å². The SMILES string of the molecule is CC(C)C(O)CCC1CCCc2cccnc21. The topological polar surface area (TPSA) is 33.1 Å². The van der Waals surface area contributed by atoms with Crippen molar-refractivity contribution in [1.29, 1.82) is 0 Å². The maximum Gasteiger partial charge on any atom is 0.0563 e. The summed E-state index contributed by atoms with van der Waals surface area (Å²) in [5.74, 6) is 0.926. The molecule has 0 fully saturated rings. The largest absolute Gasteiger partial charge is 0.393 e. The van der Waals surface area contributed by atoms with E-state index in [0.29, 0.717) is 11.8 Å². The molecule has 2 unspecified atom stereocenters. The average molecular weight is 233 g/mol. The number of aliphatic hydroxyl groups excluding tert-OH is 1. The number of rotatable bonds is 4. The molecule has 1 aromatic rings. The van der Waals surface area contributed by atoms with Gasteiger partial charge in [-0.3, -0.25) is 4.98 Å². The Morgan fingerprint density at radius 1 is 1.47 bits per heavy atom. The summed E-state index contributed by atoms with van der Waals surface area (Å²) < 4.78 is 0. The Labute approximate surface area is 104 Å². The number of pyridine rings is 1. The van der Waals surface area contributed by atoms with Crippen molar-refractivity contribution in [2.45, 2.75) is 58.0 Å².